The lowest BCUT2D eigenvalue weighted by Gasteiger charge is -2.49. The third-order valence-corrected chi connectivity index (χ3v) is 6.08. The molecule has 1 saturated heterocycles. The molecule has 0 saturated carbocycles. The summed E-state index contributed by atoms with van der Waals surface area (Å²) in [6.07, 6.45) is 0.172. The van der Waals surface area contributed by atoms with Gasteiger partial charge in [-0.05, 0) is 55.3 Å². The topological polar surface area (TPSA) is 69.6 Å². The first kappa shape index (κ1) is 22.6. The molecular formula is C26H24F2N2O3. The molecule has 3 atom stereocenters. The Hall–Kier alpha value is -3.58. The molecule has 0 aromatic heterocycles. The first-order valence-electron chi connectivity index (χ1n) is 10.7. The van der Waals surface area contributed by atoms with E-state index in [1.807, 2.05) is 6.07 Å². The number of carbonyl (C=O) groups is 2. The van der Waals surface area contributed by atoms with Crippen molar-refractivity contribution in [2.75, 3.05) is 6.54 Å². The molecule has 5 nitrogen and oxygen atoms in total. The minimum Gasteiger partial charge on any atom is -0.388 e. The largest absolute Gasteiger partial charge is 0.388 e. The second kappa shape index (κ2) is 9.11. The maximum atomic E-state index is 14.4. The average Bonchev–Trinajstić information content (AvgIpc) is 2.81. The normalized spacial score (nSPS) is 22.6. The van der Waals surface area contributed by atoms with Crippen molar-refractivity contribution in [3.63, 3.8) is 0 Å². The van der Waals surface area contributed by atoms with Crippen LogP contribution in [0.5, 0.6) is 0 Å². The van der Waals surface area contributed by atoms with Crippen molar-refractivity contribution < 1.29 is 23.5 Å². The number of hydrogen-bond acceptors (Lipinski definition) is 3. The molecule has 3 aromatic rings. The molecule has 3 aromatic carbocycles. The molecule has 1 heterocycles. The Balaban J connectivity index is 1.74. The molecule has 7 heteroatoms. The van der Waals surface area contributed by atoms with Gasteiger partial charge in [0.05, 0.1) is 23.2 Å². The van der Waals surface area contributed by atoms with Crippen LogP contribution in [0.2, 0.25) is 0 Å². The van der Waals surface area contributed by atoms with Gasteiger partial charge in [-0.25, -0.2) is 8.78 Å². The van der Waals surface area contributed by atoms with Gasteiger partial charge in [-0.1, -0.05) is 42.5 Å². The van der Waals surface area contributed by atoms with Gasteiger partial charge in [-0.3, -0.25) is 9.59 Å². The highest BCUT2D eigenvalue weighted by Gasteiger charge is 2.48. The average molecular weight is 450 g/mol. The van der Waals surface area contributed by atoms with Crippen LogP contribution in [0.15, 0.2) is 78.9 Å². The molecule has 2 amide bonds. The third-order valence-electron chi connectivity index (χ3n) is 6.08. The van der Waals surface area contributed by atoms with Crippen molar-refractivity contribution in [2.45, 2.75) is 31.0 Å². The molecule has 1 aliphatic rings. The van der Waals surface area contributed by atoms with Gasteiger partial charge in [0.15, 0.2) is 0 Å². The second-order valence-corrected chi connectivity index (χ2v) is 8.40. The van der Waals surface area contributed by atoms with Crippen LogP contribution in [0.3, 0.4) is 0 Å². The Kier molecular flexibility index (Phi) is 6.24. The minimum absolute atomic E-state index is 0.0800. The predicted octanol–water partition coefficient (Wildman–Crippen LogP) is 4.10. The van der Waals surface area contributed by atoms with Crippen LogP contribution in [-0.4, -0.2) is 40.0 Å². The Labute approximate surface area is 190 Å². The summed E-state index contributed by atoms with van der Waals surface area (Å²) in [5, 5.41) is 14.1. The lowest BCUT2D eigenvalue weighted by atomic mass is 9.79. The number of carbonyl (C=O) groups excluding carboxylic acids is 2. The van der Waals surface area contributed by atoms with Crippen molar-refractivity contribution in [1.82, 2.24) is 10.2 Å². The zero-order valence-electron chi connectivity index (χ0n) is 18.0. The SMILES string of the molecule is CC1(O)CCN(C(=O)c2ccccc2F)C(c2ccccc2)C1NC(=O)c1ccc(F)cc1. The highest BCUT2D eigenvalue weighted by Crippen LogP contribution is 2.38. The van der Waals surface area contributed by atoms with E-state index >= 15 is 0 Å². The molecule has 1 fully saturated rings. The number of nitrogens with zero attached hydrogens (tertiary/aromatic N) is 1. The van der Waals surface area contributed by atoms with Gasteiger partial charge >= 0.3 is 0 Å². The van der Waals surface area contributed by atoms with Crippen molar-refractivity contribution in [3.05, 3.63) is 107 Å². The molecule has 33 heavy (non-hydrogen) atoms. The summed E-state index contributed by atoms with van der Waals surface area (Å²) in [4.78, 5) is 27.9. The first-order valence-corrected chi connectivity index (χ1v) is 10.7. The number of amides is 2. The molecule has 3 unspecified atom stereocenters. The predicted molar refractivity (Wildman–Crippen MR) is 120 cm³/mol. The number of hydrogen-bond donors (Lipinski definition) is 2. The highest BCUT2D eigenvalue weighted by molar-refractivity contribution is 5.96. The van der Waals surface area contributed by atoms with Crippen LogP contribution in [0, 0.1) is 11.6 Å². The van der Waals surface area contributed by atoms with E-state index in [9.17, 15) is 23.5 Å². The molecule has 2 N–H and O–H groups in total. The quantitative estimate of drug-likeness (QED) is 0.629. The standard InChI is InChI=1S/C26H24F2N2O3/c1-26(33)15-16-30(25(32)20-9-5-6-10-21(20)28)22(17-7-3-2-4-8-17)23(26)29-24(31)18-11-13-19(27)14-12-18/h2-14,22-23,33H,15-16H2,1H3,(H,29,31). The maximum Gasteiger partial charge on any atom is 0.257 e. The van der Waals surface area contributed by atoms with E-state index in [1.165, 1.54) is 47.4 Å². The van der Waals surface area contributed by atoms with E-state index in [0.717, 1.165) is 0 Å². The summed E-state index contributed by atoms with van der Waals surface area (Å²) >= 11 is 0. The minimum atomic E-state index is -1.36. The monoisotopic (exact) mass is 450 g/mol. The number of halogens is 2. The number of likely N-dealkylation sites (tertiary alicyclic amines) is 1. The van der Waals surface area contributed by atoms with Gasteiger partial charge in [0.25, 0.3) is 11.8 Å². The van der Waals surface area contributed by atoms with Gasteiger partial charge in [0.1, 0.15) is 11.6 Å². The van der Waals surface area contributed by atoms with Gasteiger partial charge in [-0.2, -0.15) is 0 Å². The third kappa shape index (κ3) is 4.64. The van der Waals surface area contributed by atoms with E-state index in [4.69, 9.17) is 0 Å². The molecule has 0 radical (unpaired) electrons. The fraction of sp³-hybridized carbons (Fsp3) is 0.231. The van der Waals surface area contributed by atoms with Gasteiger partial charge in [0.2, 0.25) is 0 Å². The van der Waals surface area contributed by atoms with Crippen molar-refractivity contribution in [2.24, 2.45) is 0 Å². The van der Waals surface area contributed by atoms with Crippen molar-refractivity contribution in [1.29, 1.82) is 0 Å². The maximum absolute atomic E-state index is 14.4. The fourth-order valence-corrected chi connectivity index (χ4v) is 4.26. The number of nitrogens with one attached hydrogen (secondary N) is 1. The summed E-state index contributed by atoms with van der Waals surface area (Å²) in [6.45, 7) is 1.77. The number of rotatable bonds is 4. The number of benzene rings is 3. The van der Waals surface area contributed by atoms with Crippen molar-refractivity contribution in [3.8, 4) is 0 Å². The molecule has 4 rings (SSSR count). The summed E-state index contributed by atoms with van der Waals surface area (Å²) in [5.41, 5.74) is -0.533. The van der Waals surface area contributed by atoms with E-state index in [-0.39, 0.29) is 24.1 Å². The number of aliphatic hydroxyl groups is 1. The fourth-order valence-electron chi connectivity index (χ4n) is 4.26. The van der Waals surface area contributed by atoms with Crippen LogP contribution in [0.25, 0.3) is 0 Å². The van der Waals surface area contributed by atoms with Gasteiger partial charge in [0, 0.05) is 12.1 Å². The summed E-state index contributed by atoms with van der Waals surface area (Å²) in [6, 6.07) is 18.1. The highest BCUT2D eigenvalue weighted by atomic mass is 19.1. The molecule has 0 bridgehead atoms. The lowest BCUT2D eigenvalue weighted by Crippen LogP contribution is -2.63. The molecule has 0 spiro atoms. The van der Waals surface area contributed by atoms with E-state index < -0.39 is 41.1 Å². The lowest BCUT2D eigenvalue weighted by molar-refractivity contribution is -0.0550. The van der Waals surface area contributed by atoms with Gasteiger partial charge in [-0.15, -0.1) is 0 Å². The zero-order valence-corrected chi connectivity index (χ0v) is 18.0. The zero-order chi connectivity index (χ0) is 23.6. The summed E-state index contributed by atoms with van der Waals surface area (Å²) < 4.78 is 27.7. The summed E-state index contributed by atoms with van der Waals surface area (Å²) in [7, 11) is 0. The molecular weight excluding hydrogens is 426 g/mol. The van der Waals surface area contributed by atoms with Crippen LogP contribution < -0.4 is 5.32 Å². The Morgan fingerprint density at radius 1 is 0.970 bits per heavy atom. The van der Waals surface area contributed by atoms with E-state index in [0.29, 0.717) is 5.56 Å². The van der Waals surface area contributed by atoms with E-state index in [1.54, 1.807) is 37.3 Å². The Morgan fingerprint density at radius 3 is 2.27 bits per heavy atom. The Bertz CT molecular complexity index is 1150. The summed E-state index contributed by atoms with van der Waals surface area (Å²) in [5.74, 6) is -2.15. The van der Waals surface area contributed by atoms with Crippen LogP contribution in [0.4, 0.5) is 8.78 Å². The molecule has 1 aliphatic heterocycles. The Morgan fingerprint density at radius 2 is 1.61 bits per heavy atom. The van der Waals surface area contributed by atoms with Crippen LogP contribution >= 0.6 is 0 Å². The first-order chi connectivity index (χ1) is 15.8. The van der Waals surface area contributed by atoms with E-state index in [2.05, 4.69) is 5.32 Å². The second-order valence-electron chi connectivity index (χ2n) is 8.40. The van der Waals surface area contributed by atoms with Crippen molar-refractivity contribution >= 4 is 11.8 Å². The molecule has 0 aliphatic carbocycles. The van der Waals surface area contributed by atoms with Crippen LogP contribution in [-0.2, 0) is 0 Å². The smallest absolute Gasteiger partial charge is 0.257 e. The van der Waals surface area contributed by atoms with Crippen LogP contribution in [0.1, 0.15) is 45.7 Å². The number of piperidine rings is 1. The van der Waals surface area contributed by atoms with Gasteiger partial charge < -0.3 is 15.3 Å². The molecule has 170 valence electrons.